The molecule has 0 spiro atoms. The highest BCUT2D eigenvalue weighted by molar-refractivity contribution is 5.35. The number of anilines is 1. The molecule has 1 saturated heterocycles. The number of aromatic nitrogens is 2. The molecule has 6 nitrogen and oxygen atoms in total. The molecule has 1 aliphatic carbocycles. The second kappa shape index (κ2) is 5.77. The molecular weight excluding hydrogens is 268 g/mol. The monoisotopic (exact) mass is 292 g/mol. The van der Waals surface area contributed by atoms with Crippen molar-refractivity contribution in [1.82, 2.24) is 9.97 Å². The highest BCUT2D eigenvalue weighted by Crippen LogP contribution is 2.38. The zero-order valence-electron chi connectivity index (χ0n) is 12.9. The number of fused-ring (bicyclic) bond motifs is 1. The maximum atomic E-state index is 6.25. The molecule has 3 N–H and O–H groups in total. The van der Waals surface area contributed by atoms with Gasteiger partial charge in [-0.15, -0.1) is 0 Å². The molecule has 1 saturated carbocycles. The van der Waals surface area contributed by atoms with Crippen LogP contribution in [0.2, 0.25) is 0 Å². The number of ether oxygens (including phenoxy) is 2. The molecule has 0 aromatic carbocycles. The highest BCUT2D eigenvalue weighted by Gasteiger charge is 2.50. The molecule has 1 aliphatic heterocycles. The summed E-state index contributed by atoms with van der Waals surface area (Å²) < 4.78 is 11.5. The molecule has 4 atom stereocenters. The Morgan fingerprint density at radius 1 is 1.43 bits per heavy atom. The van der Waals surface area contributed by atoms with Crippen LogP contribution in [0.15, 0.2) is 6.07 Å². The molecule has 0 amide bonds. The van der Waals surface area contributed by atoms with Gasteiger partial charge in [-0.05, 0) is 33.6 Å². The van der Waals surface area contributed by atoms with Gasteiger partial charge < -0.3 is 20.5 Å². The lowest BCUT2D eigenvalue weighted by atomic mass is 9.69. The fourth-order valence-corrected chi connectivity index (χ4v) is 3.18. The second-order valence-corrected chi connectivity index (χ2v) is 6.23. The van der Waals surface area contributed by atoms with E-state index in [1.807, 2.05) is 26.8 Å². The molecule has 3 rings (SSSR count). The Hall–Kier alpha value is -1.40. The summed E-state index contributed by atoms with van der Waals surface area (Å²) in [5, 5.41) is 3.33. The first-order chi connectivity index (χ1) is 10.0. The molecule has 6 heteroatoms. The molecular formula is C15H24N4O2. The normalized spacial score (nSPS) is 31.5. The van der Waals surface area contributed by atoms with Gasteiger partial charge >= 0.3 is 0 Å². The Labute approximate surface area is 125 Å². The quantitative estimate of drug-likeness (QED) is 0.875. The third kappa shape index (κ3) is 2.96. The minimum Gasteiger partial charge on any atom is -0.475 e. The number of hydrogen-bond acceptors (Lipinski definition) is 6. The summed E-state index contributed by atoms with van der Waals surface area (Å²) in [5.74, 6) is 1.63. The number of aryl methyl sites for hydroxylation is 1. The van der Waals surface area contributed by atoms with Gasteiger partial charge in [0.2, 0.25) is 11.8 Å². The summed E-state index contributed by atoms with van der Waals surface area (Å²) in [7, 11) is 0. The molecule has 116 valence electrons. The van der Waals surface area contributed by atoms with Crippen molar-refractivity contribution >= 4 is 5.95 Å². The van der Waals surface area contributed by atoms with Crippen molar-refractivity contribution in [2.45, 2.75) is 57.9 Å². The molecule has 4 unspecified atom stereocenters. The Morgan fingerprint density at radius 2 is 2.24 bits per heavy atom. The predicted molar refractivity (Wildman–Crippen MR) is 80.4 cm³/mol. The van der Waals surface area contributed by atoms with Gasteiger partial charge in [0.25, 0.3) is 0 Å². The maximum Gasteiger partial charge on any atom is 0.226 e. The van der Waals surface area contributed by atoms with Gasteiger partial charge in [-0.2, -0.15) is 4.98 Å². The molecule has 1 aromatic heterocycles. The SMILES string of the molecule is Cc1cc(OC(C)C)nc(NC2C(N)C3CCCOC32)n1. The van der Waals surface area contributed by atoms with Gasteiger partial charge in [-0.1, -0.05) is 0 Å². The van der Waals surface area contributed by atoms with Crippen LogP contribution >= 0.6 is 0 Å². The van der Waals surface area contributed by atoms with Crippen LogP contribution in [0.3, 0.4) is 0 Å². The first-order valence-electron chi connectivity index (χ1n) is 7.70. The van der Waals surface area contributed by atoms with Crippen LogP contribution in [-0.4, -0.2) is 40.9 Å². The van der Waals surface area contributed by atoms with Crippen molar-refractivity contribution < 1.29 is 9.47 Å². The van der Waals surface area contributed by atoms with E-state index in [0.29, 0.717) is 17.7 Å². The van der Waals surface area contributed by atoms with E-state index in [1.54, 1.807) is 0 Å². The summed E-state index contributed by atoms with van der Waals surface area (Å²) in [6.45, 7) is 6.71. The lowest BCUT2D eigenvalue weighted by molar-refractivity contribution is -0.104. The smallest absolute Gasteiger partial charge is 0.226 e. The van der Waals surface area contributed by atoms with Crippen molar-refractivity contribution in [3.63, 3.8) is 0 Å². The van der Waals surface area contributed by atoms with Crippen molar-refractivity contribution in [2.24, 2.45) is 11.7 Å². The Morgan fingerprint density at radius 3 is 3.00 bits per heavy atom. The third-order valence-electron chi connectivity index (χ3n) is 4.16. The maximum absolute atomic E-state index is 6.25. The highest BCUT2D eigenvalue weighted by atomic mass is 16.5. The van der Waals surface area contributed by atoms with Gasteiger partial charge in [0.15, 0.2) is 0 Å². The zero-order valence-corrected chi connectivity index (χ0v) is 12.9. The summed E-state index contributed by atoms with van der Waals surface area (Å²) in [6.07, 6.45) is 2.53. The van der Waals surface area contributed by atoms with E-state index in [9.17, 15) is 0 Å². The minimum absolute atomic E-state index is 0.0870. The summed E-state index contributed by atoms with van der Waals surface area (Å²) >= 11 is 0. The van der Waals surface area contributed by atoms with Crippen LogP contribution in [0.4, 0.5) is 5.95 Å². The predicted octanol–water partition coefficient (Wildman–Crippen LogP) is 1.49. The average molecular weight is 292 g/mol. The van der Waals surface area contributed by atoms with Gasteiger partial charge in [0.05, 0.1) is 18.2 Å². The fourth-order valence-electron chi connectivity index (χ4n) is 3.18. The second-order valence-electron chi connectivity index (χ2n) is 6.23. The largest absolute Gasteiger partial charge is 0.475 e. The van der Waals surface area contributed by atoms with E-state index < -0.39 is 0 Å². The van der Waals surface area contributed by atoms with Gasteiger partial charge in [-0.25, -0.2) is 4.98 Å². The van der Waals surface area contributed by atoms with Crippen LogP contribution < -0.4 is 15.8 Å². The summed E-state index contributed by atoms with van der Waals surface area (Å²) in [4.78, 5) is 8.83. The first-order valence-corrected chi connectivity index (χ1v) is 7.70. The van der Waals surface area contributed by atoms with Crippen molar-refractivity contribution in [2.75, 3.05) is 11.9 Å². The molecule has 0 radical (unpaired) electrons. The van der Waals surface area contributed by atoms with E-state index in [1.165, 1.54) is 0 Å². The van der Waals surface area contributed by atoms with Crippen LogP contribution in [0.5, 0.6) is 5.88 Å². The Kier molecular flexibility index (Phi) is 3.99. The summed E-state index contributed by atoms with van der Waals surface area (Å²) in [6, 6.07) is 2.03. The standard InChI is InChI=1S/C15H24N4O2/c1-8(2)21-11-7-9(3)17-15(18-11)19-13-12(16)10-5-4-6-20-14(10)13/h7-8,10,12-14H,4-6,16H2,1-3H3,(H,17,18,19). The fraction of sp³-hybridized carbons (Fsp3) is 0.733. The first kappa shape index (κ1) is 14.5. The molecule has 2 fully saturated rings. The number of nitrogens with one attached hydrogen (secondary N) is 1. The minimum atomic E-state index is 0.0870. The number of nitrogens with two attached hydrogens (primary N) is 1. The van der Waals surface area contributed by atoms with Crippen LogP contribution in [-0.2, 0) is 4.74 Å². The molecule has 21 heavy (non-hydrogen) atoms. The van der Waals surface area contributed by atoms with E-state index in [0.717, 1.165) is 25.1 Å². The molecule has 2 heterocycles. The Bertz CT molecular complexity index is 508. The zero-order chi connectivity index (χ0) is 15.0. The van der Waals surface area contributed by atoms with Crippen molar-refractivity contribution in [3.05, 3.63) is 11.8 Å². The topological polar surface area (TPSA) is 82.3 Å². The van der Waals surface area contributed by atoms with E-state index in [2.05, 4.69) is 15.3 Å². The molecule has 0 bridgehead atoms. The Balaban J connectivity index is 1.71. The van der Waals surface area contributed by atoms with Crippen LogP contribution in [0, 0.1) is 12.8 Å². The molecule has 2 aliphatic rings. The third-order valence-corrected chi connectivity index (χ3v) is 4.16. The van der Waals surface area contributed by atoms with Crippen molar-refractivity contribution in [3.8, 4) is 5.88 Å². The van der Waals surface area contributed by atoms with E-state index in [-0.39, 0.29) is 24.3 Å². The molecule has 1 aromatic rings. The van der Waals surface area contributed by atoms with Gasteiger partial charge in [0.1, 0.15) is 0 Å². The van der Waals surface area contributed by atoms with Crippen LogP contribution in [0.1, 0.15) is 32.4 Å². The van der Waals surface area contributed by atoms with Gasteiger partial charge in [-0.3, -0.25) is 0 Å². The summed E-state index contributed by atoms with van der Waals surface area (Å²) in [5.41, 5.74) is 7.13. The van der Waals surface area contributed by atoms with E-state index >= 15 is 0 Å². The van der Waals surface area contributed by atoms with Crippen molar-refractivity contribution in [1.29, 1.82) is 0 Å². The van der Waals surface area contributed by atoms with Crippen LogP contribution in [0.25, 0.3) is 0 Å². The number of rotatable bonds is 4. The van der Waals surface area contributed by atoms with Gasteiger partial charge in [0, 0.05) is 30.3 Å². The number of nitrogens with zero attached hydrogens (tertiary/aromatic N) is 2. The number of hydrogen-bond donors (Lipinski definition) is 2. The lowest BCUT2D eigenvalue weighted by Gasteiger charge is -2.52. The average Bonchev–Trinajstić information content (AvgIpc) is 2.43. The lowest BCUT2D eigenvalue weighted by Crippen LogP contribution is -2.69. The van der Waals surface area contributed by atoms with E-state index in [4.69, 9.17) is 15.2 Å².